The van der Waals surface area contributed by atoms with Crippen LogP contribution in [0.5, 0.6) is 0 Å². The summed E-state index contributed by atoms with van der Waals surface area (Å²) in [6, 6.07) is 0. The minimum Gasteiger partial charge on any atom is -1.00 e. The van der Waals surface area contributed by atoms with Gasteiger partial charge in [-0.2, -0.15) is 0 Å². The van der Waals surface area contributed by atoms with Gasteiger partial charge in [0.05, 0.1) is 0 Å². The van der Waals surface area contributed by atoms with Gasteiger partial charge in [-0.3, -0.25) is 0 Å². The molecule has 0 radical (unpaired) electrons. The van der Waals surface area contributed by atoms with E-state index in [0.29, 0.717) is 0 Å². The number of rotatable bonds is 0. The standard InChI is InChI=1S/C5H6S.BrH.Li/c6-4-3-5-1-2-5;;/h4,6H,1-2H2;1H;/q;;+1/p-1. The molecule has 1 aliphatic carbocycles. The van der Waals surface area contributed by atoms with E-state index in [1.54, 1.807) is 5.41 Å². The molecule has 0 aromatic carbocycles. The summed E-state index contributed by atoms with van der Waals surface area (Å²) < 4.78 is 0. The molecule has 0 aromatic rings. The second-order valence-corrected chi connectivity index (χ2v) is 1.64. The monoisotopic (exact) mass is 184 g/mol. The van der Waals surface area contributed by atoms with Crippen molar-refractivity contribution in [3.05, 3.63) is 16.7 Å². The van der Waals surface area contributed by atoms with Gasteiger partial charge in [0.1, 0.15) is 0 Å². The van der Waals surface area contributed by atoms with E-state index in [9.17, 15) is 0 Å². The van der Waals surface area contributed by atoms with Crippen molar-refractivity contribution in [2.75, 3.05) is 0 Å². The third-order valence-corrected chi connectivity index (χ3v) is 0.898. The molecule has 0 unspecified atom stereocenters. The molecule has 0 atom stereocenters. The minimum atomic E-state index is 0. The maximum atomic E-state index is 3.84. The van der Waals surface area contributed by atoms with Gasteiger partial charge in [0.25, 0.3) is 0 Å². The summed E-state index contributed by atoms with van der Waals surface area (Å²) in [5, 5.41) is 1.67. The third kappa shape index (κ3) is 5.09. The van der Waals surface area contributed by atoms with Crippen LogP contribution in [0.1, 0.15) is 12.8 Å². The van der Waals surface area contributed by atoms with Crippen molar-refractivity contribution in [1.29, 1.82) is 0 Å². The van der Waals surface area contributed by atoms with E-state index >= 15 is 0 Å². The number of allylic oxidation sites excluding steroid dienone is 1. The van der Waals surface area contributed by atoms with Crippen molar-refractivity contribution in [3.63, 3.8) is 0 Å². The average molecular weight is 185 g/mol. The maximum Gasteiger partial charge on any atom is 1.00 e. The van der Waals surface area contributed by atoms with Crippen LogP contribution in [-0.2, 0) is 0 Å². The smallest absolute Gasteiger partial charge is 1.00 e. The topological polar surface area (TPSA) is 0 Å². The molecule has 0 aliphatic heterocycles. The summed E-state index contributed by atoms with van der Waals surface area (Å²) in [5.74, 6) is 0. The van der Waals surface area contributed by atoms with E-state index in [1.807, 2.05) is 0 Å². The van der Waals surface area contributed by atoms with Gasteiger partial charge in [-0.25, -0.2) is 0 Å². The summed E-state index contributed by atoms with van der Waals surface area (Å²) in [6.45, 7) is 0. The van der Waals surface area contributed by atoms with Crippen molar-refractivity contribution in [2.24, 2.45) is 0 Å². The summed E-state index contributed by atoms with van der Waals surface area (Å²) in [5.41, 5.74) is 4.38. The van der Waals surface area contributed by atoms with Crippen LogP contribution in [0.2, 0.25) is 0 Å². The van der Waals surface area contributed by atoms with Crippen molar-refractivity contribution in [3.8, 4) is 0 Å². The molecule has 1 fully saturated rings. The van der Waals surface area contributed by atoms with Crippen LogP contribution in [-0.4, -0.2) is 0 Å². The molecule has 0 nitrogen and oxygen atoms in total. The Labute approximate surface area is 77.8 Å². The molecule has 1 rings (SSSR count). The molecular formula is C5H6BrLiS. The van der Waals surface area contributed by atoms with Gasteiger partial charge in [0.15, 0.2) is 0 Å². The third-order valence-electron chi connectivity index (χ3n) is 0.769. The minimum absolute atomic E-state index is 0. The number of hydrogen-bond acceptors (Lipinski definition) is 1. The van der Waals surface area contributed by atoms with Crippen LogP contribution < -0.4 is 35.8 Å². The fourth-order valence-corrected chi connectivity index (χ4v) is 0.481. The van der Waals surface area contributed by atoms with Crippen LogP contribution in [0, 0.1) is 0 Å². The fourth-order valence-electron chi connectivity index (χ4n) is 0.298. The first kappa shape index (κ1) is 11.7. The van der Waals surface area contributed by atoms with Crippen LogP contribution in [0.3, 0.4) is 0 Å². The molecule has 8 heavy (non-hydrogen) atoms. The van der Waals surface area contributed by atoms with Gasteiger partial charge in [-0.05, 0) is 18.4 Å². The molecule has 1 aliphatic rings. The average Bonchev–Trinajstić information content (AvgIpc) is 2.21. The van der Waals surface area contributed by atoms with E-state index in [-0.39, 0.29) is 35.8 Å². The van der Waals surface area contributed by atoms with E-state index in [4.69, 9.17) is 0 Å². The van der Waals surface area contributed by atoms with E-state index in [1.165, 1.54) is 18.4 Å². The second kappa shape index (κ2) is 6.07. The van der Waals surface area contributed by atoms with Gasteiger partial charge < -0.3 is 17.0 Å². The first-order chi connectivity index (χ1) is 2.93. The molecule has 0 heterocycles. The normalized spacial score (nSPS) is 12.4. The van der Waals surface area contributed by atoms with Gasteiger partial charge in [-0.15, -0.1) is 18.4 Å². The quantitative estimate of drug-likeness (QED) is 0.220. The number of thiol groups is 1. The van der Waals surface area contributed by atoms with Gasteiger partial charge >= 0.3 is 18.9 Å². The Morgan fingerprint density at radius 1 is 1.50 bits per heavy atom. The Bertz CT molecular complexity index is 110. The molecule has 0 amide bonds. The van der Waals surface area contributed by atoms with Crippen molar-refractivity contribution in [2.45, 2.75) is 12.8 Å². The van der Waals surface area contributed by atoms with Gasteiger partial charge in [0.2, 0.25) is 0 Å². The summed E-state index contributed by atoms with van der Waals surface area (Å²) >= 11 is 3.84. The first-order valence-electron chi connectivity index (χ1n) is 2.00. The Morgan fingerprint density at radius 3 is 2.12 bits per heavy atom. The molecule has 0 spiro atoms. The Hall–Kier alpha value is 0.947. The number of hydrogen-bond donors (Lipinski definition) is 1. The van der Waals surface area contributed by atoms with Gasteiger partial charge in [-0.1, -0.05) is 0 Å². The molecule has 0 aromatic heterocycles. The fraction of sp³-hybridized carbons (Fsp3) is 0.400. The number of halogens is 1. The molecule has 0 N–H and O–H groups in total. The Kier molecular flexibility index (Phi) is 8.89. The van der Waals surface area contributed by atoms with E-state index < -0.39 is 0 Å². The molecule has 40 valence electrons. The van der Waals surface area contributed by atoms with Crippen LogP contribution in [0.4, 0.5) is 0 Å². The Balaban J connectivity index is 0. The maximum absolute atomic E-state index is 3.84. The zero-order valence-electron chi connectivity index (χ0n) is 4.82. The van der Waals surface area contributed by atoms with Crippen LogP contribution >= 0.6 is 12.6 Å². The molecule has 0 saturated heterocycles. The van der Waals surface area contributed by atoms with Crippen molar-refractivity contribution in [1.82, 2.24) is 0 Å². The van der Waals surface area contributed by atoms with Crippen LogP contribution in [0.25, 0.3) is 0 Å². The molecule has 1 saturated carbocycles. The zero-order chi connectivity index (χ0) is 4.41. The summed E-state index contributed by atoms with van der Waals surface area (Å²) in [6.07, 6.45) is 2.49. The van der Waals surface area contributed by atoms with Gasteiger partial charge in [0, 0.05) is 5.41 Å². The van der Waals surface area contributed by atoms with E-state index in [2.05, 4.69) is 18.4 Å². The van der Waals surface area contributed by atoms with Crippen molar-refractivity contribution >= 4 is 12.6 Å². The summed E-state index contributed by atoms with van der Waals surface area (Å²) in [4.78, 5) is 0. The molecule has 0 bridgehead atoms. The Morgan fingerprint density at radius 2 is 2.00 bits per heavy atom. The predicted molar refractivity (Wildman–Crippen MR) is 29.8 cm³/mol. The van der Waals surface area contributed by atoms with E-state index in [0.717, 1.165) is 0 Å². The zero-order valence-corrected chi connectivity index (χ0v) is 7.30. The summed E-state index contributed by atoms with van der Waals surface area (Å²) in [7, 11) is 0. The van der Waals surface area contributed by atoms with Crippen molar-refractivity contribution < 1.29 is 35.8 Å². The first-order valence-corrected chi connectivity index (χ1v) is 2.52. The van der Waals surface area contributed by atoms with Crippen LogP contribution in [0.15, 0.2) is 16.7 Å². The largest absolute Gasteiger partial charge is 1.00 e. The predicted octanol–water partition coefficient (Wildman–Crippen LogP) is -4.24. The second-order valence-electron chi connectivity index (χ2n) is 1.38. The SMILES string of the molecule is SC=C=C1CC1.[Br-].[Li+]. The molecule has 3 heteroatoms. The molecular weight excluding hydrogens is 179 g/mol.